The minimum atomic E-state index is 0.635. The first kappa shape index (κ1) is 19.3. The van der Waals surface area contributed by atoms with Gasteiger partial charge in [-0.05, 0) is 36.2 Å². The third kappa shape index (κ3) is 3.88. The van der Waals surface area contributed by atoms with Crippen LogP contribution in [0.25, 0.3) is 28.0 Å². The molecule has 6 heteroatoms. The van der Waals surface area contributed by atoms with Gasteiger partial charge in [0.1, 0.15) is 5.82 Å². The molecule has 0 atom stereocenters. The van der Waals surface area contributed by atoms with Crippen LogP contribution in [0.2, 0.25) is 5.02 Å². The zero-order valence-corrected chi connectivity index (χ0v) is 17.7. The van der Waals surface area contributed by atoms with Gasteiger partial charge < -0.3 is 5.32 Å². The fourth-order valence-electron chi connectivity index (χ4n) is 3.66. The largest absolute Gasteiger partial charge is 0.366 e. The lowest BCUT2D eigenvalue weighted by atomic mass is 10.1. The Kier molecular flexibility index (Phi) is 5.10. The molecule has 0 spiro atoms. The molecule has 3 heterocycles. The van der Waals surface area contributed by atoms with Crippen molar-refractivity contribution in [3.8, 4) is 22.4 Å². The first-order valence-corrected chi connectivity index (χ1v) is 10.4. The molecule has 2 aromatic carbocycles. The van der Waals surface area contributed by atoms with Crippen LogP contribution in [0.1, 0.15) is 11.3 Å². The van der Waals surface area contributed by atoms with E-state index in [9.17, 15) is 0 Å². The van der Waals surface area contributed by atoms with Crippen molar-refractivity contribution in [3.63, 3.8) is 0 Å². The molecular weight excluding hydrogens is 406 g/mol. The lowest BCUT2D eigenvalue weighted by Crippen LogP contribution is -2.07. The Morgan fingerprint density at radius 3 is 2.48 bits per heavy atom. The van der Waals surface area contributed by atoms with E-state index in [1.54, 1.807) is 6.20 Å². The second-order valence-electron chi connectivity index (χ2n) is 7.31. The number of anilines is 1. The molecule has 0 amide bonds. The monoisotopic (exact) mass is 425 g/mol. The van der Waals surface area contributed by atoms with Crippen molar-refractivity contribution in [2.24, 2.45) is 0 Å². The summed E-state index contributed by atoms with van der Waals surface area (Å²) < 4.78 is 1.88. The minimum absolute atomic E-state index is 0.635. The standard InChI is InChI=1S/C25H20ClN5/c1-17-24(20-9-11-21(26)12-10-20)25-29-22(19-7-3-2-4-8-19)14-23(31(25)30-17)28-16-18-6-5-13-27-15-18/h2-15,28H,16H2,1H3. The Morgan fingerprint density at radius 1 is 0.935 bits per heavy atom. The molecule has 0 radical (unpaired) electrons. The fraction of sp³-hybridized carbons (Fsp3) is 0.0800. The summed E-state index contributed by atoms with van der Waals surface area (Å²) in [6.07, 6.45) is 3.63. The second-order valence-corrected chi connectivity index (χ2v) is 7.75. The summed E-state index contributed by atoms with van der Waals surface area (Å²) in [5.41, 5.74) is 6.77. The molecule has 5 nitrogen and oxygen atoms in total. The predicted molar refractivity (Wildman–Crippen MR) is 125 cm³/mol. The van der Waals surface area contributed by atoms with E-state index in [0.717, 1.165) is 45.1 Å². The van der Waals surface area contributed by atoms with Crippen LogP contribution in [-0.4, -0.2) is 19.6 Å². The van der Waals surface area contributed by atoms with E-state index < -0.39 is 0 Å². The molecule has 1 N–H and O–H groups in total. The third-order valence-electron chi connectivity index (χ3n) is 5.16. The number of nitrogens with one attached hydrogen (secondary N) is 1. The molecule has 152 valence electrons. The topological polar surface area (TPSA) is 55.1 Å². The average molecular weight is 426 g/mol. The summed E-state index contributed by atoms with van der Waals surface area (Å²) in [6.45, 7) is 2.64. The lowest BCUT2D eigenvalue weighted by Gasteiger charge is -2.11. The molecule has 5 aromatic rings. The van der Waals surface area contributed by atoms with Gasteiger partial charge in [-0.2, -0.15) is 9.61 Å². The van der Waals surface area contributed by atoms with Gasteiger partial charge in [0.15, 0.2) is 5.65 Å². The highest BCUT2D eigenvalue weighted by atomic mass is 35.5. The third-order valence-corrected chi connectivity index (χ3v) is 5.41. The van der Waals surface area contributed by atoms with Gasteiger partial charge in [-0.15, -0.1) is 0 Å². The van der Waals surface area contributed by atoms with Crippen molar-refractivity contribution in [2.75, 3.05) is 5.32 Å². The highest BCUT2D eigenvalue weighted by Crippen LogP contribution is 2.32. The van der Waals surface area contributed by atoms with Gasteiger partial charge in [0.2, 0.25) is 0 Å². The van der Waals surface area contributed by atoms with Crippen molar-refractivity contribution < 1.29 is 0 Å². The summed E-state index contributed by atoms with van der Waals surface area (Å²) in [6, 6.07) is 24.0. The fourth-order valence-corrected chi connectivity index (χ4v) is 3.78. The van der Waals surface area contributed by atoms with E-state index in [0.29, 0.717) is 11.6 Å². The van der Waals surface area contributed by atoms with Crippen molar-refractivity contribution in [1.82, 2.24) is 19.6 Å². The Labute approximate surface area is 185 Å². The number of nitrogens with zero attached hydrogens (tertiary/aromatic N) is 4. The van der Waals surface area contributed by atoms with Crippen molar-refractivity contribution in [1.29, 1.82) is 0 Å². The number of fused-ring (bicyclic) bond motifs is 1. The van der Waals surface area contributed by atoms with Crippen LogP contribution in [0.5, 0.6) is 0 Å². The first-order valence-electron chi connectivity index (χ1n) is 10.0. The Bertz CT molecular complexity index is 1330. The molecule has 0 aliphatic rings. The number of aromatic nitrogens is 4. The molecule has 0 aliphatic heterocycles. The Hall–Kier alpha value is -3.70. The summed E-state index contributed by atoms with van der Waals surface area (Å²) in [5.74, 6) is 0.871. The molecule has 0 saturated carbocycles. The van der Waals surface area contributed by atoms with Crippen LogP contribution in [0.3, 0.4) is 0 Å². The Morgan fingerprint density at radius 2 is 1.74 bits per heavy atom. The van der Waals surface area contributed by atoms with E-state index >= 15 is 0 Å². The highest BCUT2D eigenvalue weighted by Gasteiger charge is 2.17. The molecule has 0 fully saturated rings. The van der Waals surface area contributed by atoms with Gasteiger partial charge in [-0.25, -0.2) is 4.98 Å². The lowest BCUT2D eigenvalue weighted by molar-refractivity contribution is 0.907. The first-order chi connectivity index (χ1) is 15.2. The van der Waals surface area contributed by atoms with Crippen LogP contribution in [0, 0.1) is 6.92 Å². The zero-order valence-electron chi connectivity index (χ0n) is 17.0. The number of hydrogen-bond acceptors (Lipinski definition) is 4. The van der Waals surface area contributed by atoms with Gasteiger partial charge >= 0.3 is 0 Å². The van der Waals surface area contributed by atoms with E-state index in [1.165, 1.54) is 0 Å². The van der Waals surface area contributed by atoms with Gasteiger partial charge in [0, 0.05) is 41.2 Å². The molecule has 0 aliphatic carbocycles. The molecule has 3 aromatic heterocycles. The molecule has 0 unspecified atom stereocenters. The van der Waals surface area contributed by atoms with Crippen LogP contribution in [-0.2, 0) is 6.54 Å². The molecule has 31 heavy (non-hydrogen) atoms. The maximum Gasteiger partial charge on any atom is 0.166 e. The quantitative estimate of drug-likeness (QED) is 0.373. The van der Waals surface area contributed by atoms with Gasteiger partial charge in [-0.3, -0.25) is 4.98 Å². The van der Waals surface area contributed by atoms with Crippen LogP contribution in [0.4, 0.5) is 5.82 Å². The number of benzene rings is 2. The summed E-state index contributed by atoms with van der Waals surface area (Å²) in [5, 5.41) is 9.02. The van der Waals surface area contributed by atoms with Crippen LogP contribution < -0.4 is 5.32 Å². The molecule has 5 rings (SSSR count). The zero-order chi connectivity index (χ0) is 21.2. The number of halogens is 1. The van der Waals surface area contributed by atoms with Crippen LogP contribution in [0.15, 0.2) is 85.2 Å². The smallest absolute Gasteiger partial charge is 0.166 e. The molecular formula is C25H20ClN5. The van der Waals surface area contributed by atoms with E-state index in [-0.39, 0.29) is 0 Å². The van der Waals surface area contributed by atoms with E-state index in [2.05, 4.69) is 22.4 Å². The number of aryl methyl sites for hydroxylation is 1. The van der Waals surface area contributed by atoms with Crippen molar-refractivity contribution in [3.05, 3.63) is 101 Å². The van der Waals surface area contributed by atoms with E-state index in [1.807, 2.05) is 78.3 Å². The second kappa shape index (κ2) is 8.20. The van der Waals surface area contributed by atoms with Gasteiger partial charge in [0.25, 0.3) is 0 Å². The molecule has 0 saturated heterocycles. The SMILES string of the molecule is Cc1nn2c(NCc3cccnc3)cc(-c3ccccc3)nc2c1-c1ccc(Cl)cc1. The summed E-state index contributed by atoms with van der Waals surface area (Å²) >= 11 is 6.11. The summed E-state index contributed by atoms with van der Waals surface area (Å²) in [7, 11) is 0. The minimum Gasteiger partial charge on any atom is -0.366 e. The maximum atomic E-state index is 6.11. The number of rotatable bonds is 5. The Balaban J connectivity index is 1.67. The summed E-state index contributed by atoms with van der Waals surface area (Å²) in [4.78, 5) is 9.20. The van der Waals surface area contributed by atoms with Crippen molar-refractivity contribution >= 4 is 23.1 Å². The van der Waals surface area contributed by atoms with E-state index in [4.69, 9.17) is 21.7 Å². The molecule has 0 bridgehead atoms. The average Bonchev–Trinajstić information content (AvgIpc) is 3.15. The maximum absolute atomic E-state index is 6.11. The predicted octanol–water partition coefficient (Wildman–Crippen LogP) is 6.03. The van der Waals surface area contributed by atoms with Crippen LogP contribution >= 0.6 is 11.6 Å². The van der Waals surface area contributed by atoms with Gasteiger partial charge in [0.05, 0.1) is 11.4 Å². The highest BCUT2D eigenvalue weighted by molar-refractivity contribution is 6.30. The normalized spacial score (nSPS) is 11.0. The van der Waals surface area contributed by atoms with Gasteiger partial charge in [-0.1, -0.05) is 60.1 Å². The van der Waals surface area contributed by atoms with Crippen molar-refractivity contribution in [2.45, 2.75) is 13.5 Å². The number of pyridine rings is 1. The number of hydrogen-bond donors (Lipinski definition) is 1.